The number of hydrogen-bond acceptors (Lipinski definition) is 4. The molecule has 1 aromatic heterocycles. The van der Waals surface area contributed by atoms with E-state index in [1.807, 2.05) is 37.4 Å². The summed E-state index contributed by atoms with van der Waals surface area (Å²) in [5, 5.41) is 2.49. The van der Waals surface area contributed by atoms with Crippen molar-refractivity contribution in [2.24, 2.45) is 0 Å². The molecular weight excluding hydrogens is 394 g/mol. The summed E-state index contributed by atoms with van der Waals surface area (Å²) in [6, 6.07) is 7.43. The molecule has 0 unspecified atom stereocenters. The van der Waals surface area contributed by atoms with Gasteiger partial charge in [-0.25, -0.2) is 4.79 Å². The summed E-state index contributed by atoms with van der Waals surface area (Å²) in [5.41, 5.74) is 5.85. The first-order valence-electron chi connectivity index (χ1n) is 9.82. The number of hydrogen-bond donors (Lipinski definition) is 3. The second-order valence-electron chi connectivity index (χ2n) is 6.89. The minimum Gasteiger partial charge on any atom is -0.383 e. The summed E-state index contributed by atoms with van der Waals surface area (Å²) < 4.78 is 1.31. The number of nitrogens with one attached hydrogen (secondary N) is 1. The third-order valence-electron chi connectivity index (χ3n) is 4.88. The molecule has 29 heavy (non-hydrogen) atoms. The Labute approximate surface area is 174 Å². The predicted molar refractivity (Wildman–Crippen MR) is 115 cm³/mol. The lowest BCUT2D eigenvalue weighted by molar-refractivity contribution is -0.682. The van der Waals surface area contributed by atoms with Crippen LogP contribution in [0.15, 0.2) is 33.9 Å². The molecule has 5 N–H and O–H groups in total. The molecule has 1 atom stereocenters. The Morgan fingerprint density at radius 1 is 1.31 bits per heavy atom. The molecule has 0 saturated heterocycles. The molecule has 0 bridgehead atoms. The zero-order valence-electron chi connectivity index (χ0n) is 17.1. The molecule has 2 rings (SSSR count). The van der Waals surface area contributed by atoms with Crippen LogP contribution in [0.1, 0.15) is 45.2 Å². The lowest BCUT2D eigenvalue weighted by Gasteiger charge is -2.23. The molecule has 0 aliphatic carbocycles. The molecule has 1 heterocycles. The van der Waals surface area contributed by atoms with Gasteiger partial charge in [-0.05, 0) is 26.3 Å². The predicted octanol–water partition coefficient (Wildman–Crippen LogP) is 1.25. The molecule has 0 saturated carbocycles. The first-order valence-corrected chi connectivity index (χ1v) is 10.2. The molecule has 0 aliphatic rings. The first kappa shape index (κ1) is 22.7. The Hall–Kier alpha value is -2.58. The van der Waals surface area contributed by atoms with E-state index in [9.17, 15) is 14.4 Å². The summed E-state index contributed by atoms with van der Waals surface area (Å²) in [6.45, 7) is 6.45. The van der Waals surface area contributed by atoms with Crippen LogP contribution in [0.25, 0.3) is 0 Å². The van der Waals surface area contributed by atoms with Crippen LogP contribution in [-0.2, 0) is 11.3 Å². The number of aromatic nitrogens is 2. The summed E-state index contributed by atoms with van der Waals surface area (Å²) >= 11 is 6.23. The number of nitrogens with zero attached hydrogens (tertiary/aromatic N) is 2. The highest BCUT2D eigenvalue weighted by atomic mass is 35.5. The molecule has 0 spiro atoms. The second kappa shape index (κ2) is 10.3. The number of anilines is 2. The normalized spacial score (nSPS) is 12.0. The number of H-pyrrole nitrogens is 1. The Morgan fingerprint density at radius 2 is 2.00 bits per heavy atom. The largest absolute Gasteiger partial charge is 0.383 e. The summed E-state index contributed by atoms with van der Waals surface area (Å²) in [5.74, 6) is -0.258. The molecule has 0 fully saturated rings. The number of rotatable bonds is 9. The molecule has 0 aliphatic heterocycles. The van der Waals surface area contributed by atoms with E-state index in [0.29, 0.717) is 11.6 Å². The topological polar surface area (TPSA) is 118 Å². The van der Waals surface area contributed by atoms with Gasteiger partial charge in [0.2, 0.25) is 0 Å². The molecular formula is C20H29ClN5O3+. The lowest BCUT2D eigenvalue weighted by atomic mass is 10.1. The second-order valence-corrected chi connectivity index (χ2v) is 7.29. The average Bonchev–Trinajstić information content (AvgIpc) is 2.69. The van der Waals surface area contributed by atoms with E-state index >= 15 is 0 Å². The van der Waals surface area contributed by atoms with E-state index < -0.39 is 11.2 Å². The van der Waals surface area contributed by atoms with Crippen molar-refractivity contribution in [3.63, 3.8) is 0 Å². The summed E-state index contributed by atoms with van der Waals surface area (Å²) in [4.78, 5) is 41.0. The number of quaternary nitrogens is 1. The van der Waals surface area contributed by atoms with Gasteiger partial charge in [0.25, 0.3) is 11.5 Å². The van der Waals surface area contributed by atoms with E-state index in [2.05, 4.69) is 4.98 Å². The van der Waals surface area contributed by atoms with Gasteiger partial charge in [-0.2, -0.15) is 0 Å². The lowest BCUT2D eigenvalue weighted by Crippen LogP contribution is -2.87. The Morgan fingerprint density at radius 3 is 2.62 bits per heavy atom. The fourth-order valence-corrected chi connectivity index (χ4v) is 3.50. The highest BCUT2D eigenvalue weighted by Gasteiger charge is 2.25. The number of unbranched alkanes of at least 4 members (excludes halogenated alkanes) is 1. The van der Waals surface area contributed by atoms with Crippen molar-refractivity contribution in [3.8, 4) is 0 Å². The smallest absolute Gasteiger partial charge is 0.330 e. The van der Waals surface area contributed by atoms with E-state index in [0.717, 1.165) is 18.4 Å². The Balaban J connectivity index is 2.24. The fourth-order valence-electron chi connectivity index (χ4n) is 3.19. The quantitative estimate of drug-likeness (QED) is 0.563. The van der Waals surface area contributed by atoms with Crippen LogP contribution in [0.5, 0.6) is 0 Å². The van der Waals surface area contributed by atoms with Gasteiger partial charge in [0.1, 0.15) is 11.9 Å². The average molecular weight is 423 g/mol. The van der Waals surface area contributed by atoms with Crippen molar-refractivity contribution >= 4 is 29.0 Å². The highest BCUT2D eigenvalue weighted by molar-refractivity contribution is 6.31. The van der Waals surface area contributed by atoms with Crippen LogP contribution < -0.4 is 27.2 Å². The van der Waals surface area contributed by atoms with Crippen molar-refractivity contribution in [1.29, 1.82) is 0 Å². The number of carbonyl (C=O) groups excluding carboxylic acids is 1. The van der Waals surface area contributed by atoms with Crippen LogP contribution >= 0.6 is 11.6 Å². The van der Waals surface area contributed by atoms with Crippen LogP contribution in [0.3, 0.4) is 0 Å². The number of benzene rings is 1. The van der Waals surface area contributed by atoms with Crippen LogP contribution in [0.4, 0.5) is 11.5 Å². The van der Waals surface area contributed by atoms with Crippen LogP contribution in [0.2, 0.25) is 5.02 Å². The van der Waals surface area contributed by atoms with Gasteiger partial charge in [-0.3, -0.25) is 24.0 Å². The monoisotopic (exact) mass is 422 g/mol. The van der Waals surface area contributed by atoms with E-state index in [1.165, 1.54) is 9.47 Å². The molecule has 1 amide bonds. The van der Waals surface area contributed by atoms with Crippen molar-refractivity contribution in [2.75, 3.05) is 23.7 Å². The summed E-state index contributed by atoms with van der Waals surface area (Å²) in [7, 11) is 0. The maximum atomic E-state index is 12.9. The maximum Gasteiger partial charge on any atom is 0.330 e. The van der Waals surface area contributed by atoms with Crippen LogP contribution in [-0.4, -0.2) is 28.5 Å². The van der Waals surface area contributed by atoms with Crippen molar-refractivity contribution in [2.45, 2.75) is 46.2 Å². The fraction of sp³-hybridized carbons (Fsp3) is 0.450. The SMILES string of the molecule is CCCCn1c(N)c(N(CC)C(=O)C[NH2+][C@@H](C)c2ccccc2Cl)c(=O)[nH]c1=O. The maximum absolute atomic E-state index is 12.9. The van der Waals surface area contributed by atoms with Gasteiger partial charge >= 0.3 is 5.69 Å². The summed E-state index contributed by atoms with van der Waals surface area (Å²) in [6.07, 6.45) is 1.60. The number of amides is 1. The number of nitrogens with two attached hydrogens (primary N) is 2. The van der Waals surface area contributed by atoms with Gasteiger partial charge in [0.15, 0.2) is 12.2 Å². The van der Waals surface area contributed by atoms with Gasteiger partial charge < -0.3 is 11.1 Å². The minimum atomic E-state index is -0.658. The van der Waals surface area contributed by atoms with Crippen LogP contribution in [0, 0.1) is 0 Å². The molecule has 158 valence electrons. The standard InChI is InChI=1S/C20H28ClN5O3/c1-4-6-11-26-18(22)17(19(28)24-20(26)29)25(5-2)16(27)12-23-13(3)14-9-7-8-10-15(14)21/h7-10,13,23H,4-6,11-12,22H2,1-3H3,(H,24,28,29)/p+1/t13-/m0/s1. The molecule has 9 heteroatoms. The third-order valence-corrected chi connectivity index (χ3v) is 5.22. The number of aromatic amines is 1. The van der Waals surface area contributed by atoms with Gasteiger partial charge in [-0.15, -0.1) is 0 Å². The number of likely N-dealkylation sites (N-methyl/N-ethyl adjacent to an activating group) is 1. The van der Waals surface area contributed by atoms with Crippen molar-refractivity contribution in [3.05, 3.63) is 55.7 Å². The molecule has 2 aromatic rings. The third kappa shape index (κ3) is 5.27. The van der Waals surface area contributed by atoms with E-state index in [-0.39, 0.29) is 36.5 Å². The number of nitrogen functional groups attached to an aromatic ring is 1. The number of halogens is 1. The van der Waals surface area contributed by atoms with E-state index in [1.54, 1.807) is 13.0 Å². The Kier molecular flexibility index (Phi) is 8.04. The molecule has 8 nitrogen and oxygen atoms in total. The van der Waals surface area contributed by atoms with Crippen molar-refractivity contribution < 1.29 is 10.1 Å². The zero-order valence-corrected chi connectivity index (χ0v) is 17.8. The minimum absolute atomic E-state index is 0.0153. The zero-order chi connectivity index (χ0) is 21.6. The molecule has 0 radical (unpaired) electrons. The van der Waals surface area contributed by atoms with Gasteiger partial charge in [0.05, 0.1) is 0 Å². The Bertz CT molecular complexity index is 969. The van der Waals surface area contributed by atoms with E-state index in [4.69, 9.17) is 17.3 Å². The highest BCUT2D eigenvalue weighted by Crippen LogP contribution is 2.20. The van der Waals surface area contributed by atoms with Gasteiger partial charge in [-0.1, -0.05) is 43.1 Å². The molecule has 1 aromatic carbocycles. The first-order chi connectivity index (χ1) is 13.8. The van der Waals surface area contributed by atoms with Gasteiger partial charge in [0, 0.05) is 23.7 Å². The van der Waals surface area contributed by atoms with Crippen molar-refractivity contribution in [1.82, 2.24) is 9.55 Å². The number of carbonyl (C=O) groups is 1.